The molecule has 0 saturated heterocycles. The molecule has 0 saturated carbocycles. The molecule has 0 aliphatic rings. The summed E-state index contributed by atoms with van der Waals surface area (Å²) in [6.07, 6.45) is -5.56. The predicted octanol–water partition coefficient (Wildman–Crippen LogP) is 3.02. The van der Waals surface area contributed by atoms with Crippen LogP contribution in [-0.4, -0.2) is 17.8 Å². The Morgan fingerprint density at radius 1 is 1.29 bits per heavy atom. The number of rotatable bonds is 3. The smallest absolute Gasteiger partial charge is 0.287 e. The molecule has 0 aliphatic carbocycles. The number of phenolic OH excluding ortho intramolecular Hbond substituents is 1. The Morgan fingerprint density at radius 3 is 2.43 bits per heavy atom. The summed E-state index contributed by atoms with van der Waals surface area (Å²) in [4.78, 5) is 0. The zero-order valence-electron chi connectivity index (χ0n) is 6.85. The summed E-state index contributed by atoms with van der Waals surface area (Å²) >= 11 is 5.48. The molecule has 0 heterocycles. The third-order valence-electron chi connectivity index (χ3n) is 1.47. The molecule has 1 aromatic carbocycles. The number of benzene rings is 1. The minimum Gasteiger partial charge on any atom is -0.506 e. The van der Waals surface area contributed by atoms with E-state index in [4.69, 9.17) is 16.7 Å². The van der Waals surface area contributed by atoms with Gasteiger partial charge in [0.2, 0.25) is 6.30 Å². The second kappa shape index (κ2) is 4.41. The molecule has 1 unspecified atom stereocenters. The molecule has 2 nitrogen and oxygen atoms in total. The van der Waals surface area contributed by atoms with Crippen LogP contribution >= 0.6 is 11.6 Å². The fraction of sp³-hybridized carbons (Fsp3) is 0.250. The van der Waals surface area contributed by atoms with E-state index in [1.165, 1.54) is 12.1 Å². The Kier molecular flexibility index (Phi) is 3.46. The summed E-state index contributed by atoms with van der Waals surface area (Å²) in [5.41, 5.74) is 0.0839. The van der Waals surface area contributed by atoms with Crippen molar-refractivity contribution in [2.45, 2.75) is 12.7 Å². The van der Waals surface area contributed by atoms with Gasteiger partial charge in [-0.15, -0.1) is 0 Å². The van der Waals surface area contributed by atoms with E-state index in [0.717, 1.165) is 6.07 Å². The number of anilines is 1. The first-order chi connectivity index (χ1) is 6.50. The van der Waals surface area contributed by atoms with Crippen LogP contribution < -0.4 is 5.32 Å². The lowest BCUT2D eigenvalue weighted by Crippen LogP contribution is -2.22. The van der Waals surface area contributed by atoms with E-state index in [1.807, 2.05) is 5.32 Å². The van der Waals surface area contributed by atoms with Gasteiger partial charge in [-0.3, -0.25) is 0 Å². The monoisotopic (exact) mass is 225 g/mol. The number of nitrogens with one attached hydrogen (secondary N) is 1. The van der Waals surface area contributed by atoms with Crippen molar-refractivity contribution in [2.24, 2.45) is 0 Å². The SMILES string of the molecule is Oc1ccc(NC(F)C(F)F)cc1Cl. The number of phenols is 1. The van der Waals surface area contributed by atoms with E-state index < -0.39 is 12.7 Å². The van der Waals surface area contributed by atoms with Crippen LogP contribution in [0.15, 0.2) is 18.2 Å². The van der Waals surface area contributed by atoms with Crippen molar-refractivity contribution in [1.29, 1.82) is 0 Å². The van der Waals surface area contributed by atoms with Gasteiger partial charge in [0.15, 0.2) is 0 Å². The highest BCUT2D eigenvalue weighted by molar-refractivity contribution is 6.32. The number of hydrogen-bond acceptors (Lipinski definition) is 2. The fourth-order valence-electron chi connectivity index (χ4n) is 0.819. The van der Waals surface area contributed by atoms with Crippen molar-refractivity contribution in [3.63, 3.8) is 0 Å². The summed E-state index contributed by atoms with van der Waals surface area (Å²) in [6.45, 7) is 0. The topological polar surface area (TPSA) is 32.3 Å². The molecule has 0 aliphatic heterocycles. The van der Waals surface area contributed by atoms with Gasteiger partial charge < -0.3 is 10.4 Å². The lowest BCUT2D eigenvalue weighted by atomic mass is 10.3. The van der Waals surface area contributed by atoms with Crippen LogP contribution in [0, 0.1) is 0 Å². The Labute approximate surface area is 83.3 Å². The maximum absolute atomic E-state index is 12.5. The van der Waals surface area contributed by atoms with Crippen molar-refractivity contribution >= 4 is 17.3 Å². The van der Waals surface area contributed by atoms with Gasteiger partial charge in [0.1, 0.15) is 5.75 Å². The highest BCUT2D eigenvalue weighted by Gasteiger charge is 2.18. The van der Waals surface area contributed by atoms with E-state index in [0.29, 0.717) is 0 Å². The van der Waals surface area contributed by atoms with Gasteiger partial charge in [-0.25, -0.2) is 13.2 Å². The molecule has 0 fully saturated rings. The Balaban J connectivity index is 2.73. The normalized spacial score (nSPS) is 12.9. The van der Waals surface area contributed by atoms with Gasteiger partial charge in [0.25, 0.3) is 6.43 Å². The molecule has 0 spiro atoms. The minimum absolute atomic E-state index is 0.0310. The van der Waals surface area contributed by atoms with Crippen LogP contribution in [0.5, 0.6) is 5.75 Å². The lowest BCUT2D eigenvalue weighted by molar-refractivity contribution is 0.0651. The second-order valence-electron chi connectivity index (χ2n) is 2.55. The van der Waals surface area contributed by atoms with Crippen LogP contribution in [0.25, 0.3) is 0 Å². The molecule has 1 aromatic rings. The molecule has 1 atom stereocenters. The molecule has 14 heavy (non-hydrogen) atoms. The van der Waals surface area contributed by atoms with Gasteiger partial charge >= 0.3 is 0 Å². The summed E-state index contributed by atoms with van der Waals surface area (Å²) in [7, 11) is 0. The minimum atomic E-state index is -3.11. The summed E-state index contributed by atoms with van der Waals surface area (Å²) in [5, 5.41) is 10.9. The van der Waals surface area contributed by atoms with Crippen LogP contribution in [-0.2, 0) is 0 Å². The van der Waals surface area contributed by atoms with Gasteiger partial charge in [-0.1, -0.05) is 11.6 Å². The molecule has 0 bridgehead atoms. The van der Waals surface area contributed by atoms with Crippen LogP contribution in [0.4, 0.5) is 18.9 Å². The third-order valence-corrected chi connectivity index (χ3v) is 1.78. The summed E-state index contributed by atoms with van der Waals surface area (Å²) in [5.74, 6) is -0.190. The second-order valence-corrected chi connectivity index (χ2v) is 2.95. The number of alkyl halides is 3. The van der Waals surface area contributed by atoms with Crippen LogP contribution in [0.3, 0.4) is 0 Å². The van der Waals surface area contributed by atoms with Crippen molar-refractivity contribution in [2.75, 3.05) is 5.32 Å². The summed E-state index contributed by atoms with van der Waals surface area (Å²) < 4.78 is 36.0. The first-order valence-electron chi connectivity index (χ1n) is 3.68. The van der Waals surface area contributed by atoms with Gasteiger partial charge in [-0.05, 0) is 18.2 Å². The maximum Gasteiger partial charge on any atom is 0.287 e. The van der Waals surface area contributed by atoms with E-state index in [2.05, 4.69) is 0 Å². The quantitative estimate of drug-likeness (QED) is 0.612. The van der Waals surface area contributed by atoms with E-state index in [-0.39, 0.29) is 16.5 Å². The molecule has 2 N–H and O–H groups in total. The third kappa shape index (κ3) is 2.70. The first kappa shape index (κ1) is 11.0. The Bertz CT molecular complexity index is 321. The van der Waals surface area contributed by atoms with Crippen molar-refractivity contribution in [1.82, 2.24) is 0 Å². The maximum atomic E-state index is 12.5. The Morgan fingerprint density at radius 2 is 1.93 bits per heavy atom. The average Bonchev–Trinajstić information content (AvgIpc) is 2.11. The van der Waals surface area contributed by atoms with Crippen molar-refractivity contribution in [3.05, 3.63) is 23.2 Å². The zero-order valence-corrected chi connectivity index (χ0v) is 7.60. The molecule has 1 rings (SSSR count). The van der Waals surface area contributed by atoms with Gasteiger partial charge in [-0.2, -0.15) is 0 Å². The lowest BCUT2D eigenvalue weighted by Gasteiger charge is -2.11. The average molecular weight is 226 g/mol. The highest BCUT2D eigenvalue weighted by atomic mass is 35.5. The molecule has 0 amide bonds. The van der Waals surface area contributed by atoms with Crippen LogP contribution in [0.2, 0.25) is 5.02 Å². The molecule has 6 heteroatoms. The number of halogens is 4. The molecule has 0 radical (unpaired) electrons. The molecule has 78 valence electrons. The molecular weight excluding hydrogens is 219 g/mol. The fourth-order valence-corrected chi connectivity index (χ4v) is 0.999. The summed E-state index contributed by atoms with van der Waals surface area (Å²) in [6, 6.07) is 3.59. The van der Waals surface area contributed by atoms with E-state index in [1.54, 1.807) is 0 Å². The van der Waals surface area contributed by atoms with Gasteiger partial charge in [0, 0.05) is 5.69 Å². The van der Waals surface area contributed by atoms with Crippen molar-refractivity contribution < 1.29 is 18.3 Å². The first-order valence-corrected chi connectivity index (χ1v) is 4.06. The number of hydrogen-bond donors (Lipinski definition) is 2. The van der Waals surface area contributed by atoms with Gasteiger partial charge in [0.05, 0.1) is 5.02 Å². The predicted molar refractivity (Wildman–Crippen MR) is 47.6 cm³/mol. The van der Waals surface area contributed by atoms with Crippen molar-refractivity contribution in [3.8, 4) is 5.75 Å². The van der Waals surface area contributed by atoms with Crippen LogP contribution in [0.1, 0.15) is 0 Å². The largest absolute Gasteiger partial charge is 0.506 e. The number of aromatic hydroxyl groups is 1. The molecule has 0 aromatic heterocycles. The molecular formula is C8H7ClF3NO. The standard InChI is InChI=1S/C8H7ClF3NO/c9-5-3-4(1-2-6(5)14)13-8(12)7(10)11/h1-3,7-8,13-14H. The van der Waals surface area contributed by atoms with E-state index in [9.17, 15) is 13.2 Å². The Hall–Kier alpha value is -1.10. The highest BCUT2D eigenvalue weighted by Crippen LogP contribution is 2.26. The van der Waals surface area contributed by atoms with E-state index >= 15 is 0 Å². The zero-order chi connectivity index (χ0) is 10.7.